The van der Waals surface area contributed by atoms with Gasteiger partial charge in [0.2, 0.25) is 0 Å². The van der Waals surface area contributed by atoms with Gasteiger partial charge in [0.05, 0.1) is 25.9 Å². The SMILES string of the molecule is C=CCOC(=O)NCc1cccc(-c2ccc(C3OC(CSc4ccccc4OC)CC(c4ccc(CO)cc4)O3)cc2)c1. The maximum Gasteiger partial charge on any atom is 0.407 e. The lowest BCUT2D eigenvalue weighted by Gasteiger charge is -2.36. The van der Waals surface area contributed by atoms with E-state index >= 15 is 0 Å². The number of carbonyl (C=O) groups is 1. The molecule has 5 rings (SSSR count). The first-order chi connectivity index (χ1) is 21.6. The molecule has 0 radical (unpaired) electrons. The number of benzene rings is 4. The van der Waals surface area contributed by atoms with Crippen LogP contribution in [0.1, 0.15) is 41.1 Å². The number of para-hydroxylation sites is 1. The molecule has 0 spiro atoms. The number of methoxy groups -OCH3 is 1. The lowest BCUT2D eigenvalue weighted by molar-refractivity contribution is -0.245. The average Bonchev–Trinajstić information content (AvgIpc) is 3.09. The third kappa shape index (κ3) is 8.30. The molecular weight excluding hydrogens is 574 g/mol. The molecule has 3 atom stereocenters. The van der Waals surface area contributed by atoms with Gasteiger partial charge in [-0.05, 0) is 46.0 Å². The van der Waals surface area contributed by atoms with Crippen LogP contribution in [0.4, 0.5) is 4.79 Å². The van der Waals surface area contributed by atoms with Crippen molar-refractivity contribution in [2.24, 2.45) is 0 Å². The summed E-state index contributed by atoms with van der Waals surface area (Å²) in [5.74, 6) is 1.59. The van der Waals surface area contributed by atoms with Gasteiger partial charge in [0.25, 0.3) is 0 Å². The third-order valence-corrected chi connectivity index (χ3v) is 8.51. The first kappa shape index (κ1) is 31.3. The molecule has 1 fully saturated rings. The number of amides is 1. The molecule has 1 saturated heterocycles. The molecule has 7 nitrogen and oxygen atoms in total. The fraction of sp³-hybridized carbons (Fsp3) is 0.250. The molecule has 0 bridgehead atoms. The lowest BCUT2D eigenvalue weighted by atomic mass is 9.99. The number of carbonyl (C=O) groups excluding carboxylic acids is 1. The van der Waals surface area contributed by atoms with Crippen LogP contribution >= 0.6 is 11.8 Å². The molecule has 3 unspecified atom stereocenters. The normalized spacial score (nSPS) is 17.9. The number of hydrogen-bond acceptors (Lipinski definition) is 7. The number of ether oxygens (including phenoxy) is 4. The van der Waals surface area contributed by atoms with Crippen LogP contribution in [0.2, 0.25) is 0 Å². The number of hydrogen-bond donors (Lipinski definition) is 2. The first-order valence-corrected chi connectivity index (χ1v) is 15.5. The van der Waals surface area contributed by atoms with Gasteiger partial charge >= 0.3 is 6.09 Å². The minimum absolute atomic E-state index is 0.00372. The zero-order chi connectivity index (χ0) is 30.7. The molecule has 0 aliphatic carbocycles. The summed E-state index contributed by atoms with van der Waals surface area (Å²) in [6.07, 6.45) is 0.997. The van der Waals surface area contributed by atoms with Crippen molar-refractivity contribution in [3.63, 3.8) is 0 Å². The van der Waals surface area contributed by atoms with Crippen LogP contribution in [0.15, 0.2) is 115 Å². The van der Waals surface area contributed by atoms with Crippen molar-refractivity contribution < 1.29 is 28.8 Å². The zero-order valence-electron chi connectivity index (χ0n) is 24.7. The van der Waals surface area contributed by atoms with Crippen LogP contribution in [0, 0.1) is 0 Å². The van der Waals surface area contributed by atoms with Gasteiger partial charge in [-0.3, -0.25) is 0 Å². The Hall–Kier alpha value is -4.08. The maximum atomic E-state index is 11.8. The second kappa shape index (κ2) is 15.6. The third-order valence-electron chi connectivity index (χ3n) is 7.32. The minimum atomic E-state index is -0.541. The topological polar surface area (TPSA) is 86.3 Å². The van der Waals surface area contributed by atoms with Crippen LogP contribution in [0.3, 0.4) is 0 Å². The van der Waals surface area contributed by atoms with Crippen LogP contribution in [0.5, 0.6) is 5.75 Å². The van der Waals surface area contributed by atoms with E-state index < -0.39 is 12.4 Å². The summed E-state index contributed by atoms with van der Waals surface area (Å²) in [4.78, 5) is 12.9. The fourth-order valence-corrected chi connectivity index (χ4v) is 6.05. The van der Waals surface area contributed by atoms with Crippen molar-refractivity contribution in [2.75, 3.05) is 19.5 Å². The summed E-state index contributed by atoms with van der Waals surface area (Å²) in [5, 5.41) is 12.3. The Bertz CT molecular complexity index is 1520. The van der Waals surface area contributed by atoms with Crippen molar-refractivity contribution in [1.82, 2.24) is 5.32 Å². The first-order valence-electron chi connectivity index (χ1n) is 14.5. The highest BCUT2D eigenvalue weighted by Crippen LogP contribution is 2.40. The molecule has 8 heteroatoms. The Kier molecular flexibility index (Phi) is 11.1. The van der Waals surface area contributed by atoms with Crippen LogP contribution in [0.25, 0.3) is 11.1 Å². The molecule has 44 heavy (non-hydrogen) atoms. The Morgan fingerprint density at radius 3 is 2.48 bits per heavy atom. The Balaban J connectivity index is 1.31. The van der Waals surface area contributed by atoms with Gasteiger partial charge in [0.1, 0.15) is 12.4 Å². The van der Waals surface area contributed by atoms with Crippen molar-refractivity contribution in [1.29, 1.82) is 0 Å². The molecule has 1 aliphatic rings. The van der Waals surface area contributed by atoms with Crippen LogP contribution in [-0.4, -0.2) is 36.8 Å². The summed E-state index contributed by atoms with van der Waals surface area (Å²) in [6, 6.07) is 32.1. The summed E-state index contributed by atoms with van der Waals surface area (Å²) in [7, 11) is 1.69. The maximum absolute atomic E-state index is 11.8. The molecule has 2 N–H and O–H groups in total. The predicted octanol–water partition coefficient (Wildman–Crippen LogP) is 7.60. The summed E-state index contributed by atoms with van der Waals surface area (Å²) in [5.41, 5.74) is 5.89. The molecule has 0 saturated carbocycles. The second-order valence-corrected chi connectivity index (χ2v) is 11.4. The highest BCUT2D eigenvalue weighted by molar-refractivity contribution is 7.99. The number of alkyl carbamates (subject to hydrolysis) is 1. The predicted molar refractivity (Wildman–Crippen MR) is 172 cm³/mol. The second-order valence-electron chi connectivity index (χ2n) is 10.4. The Morgan fingerprint density at radius 2 is 1.73 bits per heavy atom. The van der Waals surface area contributed by atoms with Crippen molar-refractivity contribution in [3.8, 4) is 16.9 Å². The van der Waals surface area contributed by atoms with Gasteiger partial charge < -0.3 is 29.4 Å². The van der Waals surface area contributed by atoms with E-state index in [1.807, 2.05) is 78.9 Å². The number of aliphatic hydroxyl groups excluding tert-OH is 1. The van der Waals surface area contributed by atoms with Gasteiger partial charge in [-0.25, -0.2) is 4.79 Å². The Labute approximate surface area is 262 Å². The fourth-order valence-electron chi connectivity index (χ4n) is 5.00. The van der Waals surface area contributed by atoms with Gasteiger partial charge in [-0.2, -0.15) is 0 Å². The molecule has 1 amide bonds. The Morgan fingerprint density at radius 1 is 0.955 bits per heavy atom. The smallest absolute Gasteiger partial charge is 0.407 e. The molecule has 0 aromatic heterocycles. The van der Waals surface area contributed by atoms with Crippen LogP contribution in [-0.2, 0) is 27.4 Å². The quantitative estimate of drug-likeness (QED) is 0.126. The molecule has 228 valence electrons. The molecule has 1 heterocycles. The van der Waals surface area contributed by atoms with E-state index in [1.165, 1.54) is 6.08 Å². The van der Waals surface area contributed by atoms with Crippen molar-refractivity contribution in [3.05, 3.63) is 132 Å². The van der Waals surface area contributed by atoms with Crippen molar-refractivity contribution in [2.45, 2.75) is 43.0 Å². The lowest BCUT2D eigenvalue weighted by Crippen LogP contribution is -2.31. The van der Waals surface area contributed by atoms with Crippen LogP contribution < -0.4 is 10.1 Å². The summed E-state index contributed by atoms with van der Waals surface area (Å²) < 4.78 is 23.6. The number of aliphatic hydroxyl groups is 1. The van der Waals surface area contributed by atoms with Gasteiger partial charge in [0, 0.05) is 29.2 Å². The number of rotatable bonds is 12. The molecule has 4 aromatic rings. The minimum Gasteiger partial charge on any atom is -0.496 e. The van der Waals surface area contributed by atoms with E-state index in [9.17, 15) is 9.90 Å². The van der Waals surface area contributed by atoms with E-state index in [1.54, 1.807) is 18.9 Å². The van der Waals surface area contributed by atoms with E-state index in [0.29, 0.717) is 13.0 Å². The molecule has 4 aromatic carbocycles. The summed E-state index contributed by atoms with van der Waals surface area (Å²) >= 11 is 1.71. The standard InChI is InChI=1S/C36H37NO6S/c1-3-19-41-36(39)37-22-26-7-6-8-30(20-26)27-15-17-29(18-16-27)35-42-31(24-44-34-10-5-4-9-32(34)40-2)21-33(43-35)28-13-11-25(23-38)12-14-28/h3-18,20,31,33,35,38H,1,19,21-24H2,2H3,(H,37,39). The number of thioether (sulfide) groups is 1. The van der Waals surface area contributed by atoms with Gasteiger partial charge in [0.15, 0.2) is 6.29 Å². The monoisotopic (exact) mass is 611 g/mol. The average molecular weight is 612 g/mol. The van der Waals surface area contributed by atoms with E-state index in [0.717, 1.165) is 49.8 Å². The van der Waals surface area contributed by atoms with E-state index in [2.05, 4.69) is 30.1 Å². The number of nitrogens with one attached hydrogen (secondary N) is 1. The highest BCUT2D eigenvalue weighted by atomic mass is 32.2. The van der Waals surface area contributed by atoms with E-state index in [4.69, 9.17) is 18.9 Å². The molecular formula is C36H37NO6S. The summed E-state index contributed by atoms with van der Waals surface area (Å²) in [6.45, 7) is 4.09. The molecule has 1 aliphatic heterocycles. The van der Waals surface area contributed by atoms with E-state index in [-0.39, 0.29) is 25.4 Å². The van der Waals surface area contributed by atoms with Gasteiger partial charge in [-0.15, -0.1) is 11.8 Å². The largest absolute Gasteiger partial charge is 0.496 e. The highest BCUT2D eigenvalue weighted by Gasteiger charge is 2.32. The van der Waals surface area contributed by atoms with Crippen molar-refractivity contribution >= 4 is 17.9 Å². The van der Waals surface area contributed by atoms with Gasteiger partial charge in [-0.1, -0.05) is 91.5 Å². The zero-order valence-corrected chi connectivity index (χ0v) is 25.5.